The number of hydrogen-bond acceptors (Lipinski definition) is 5. The standard InChI is InChI=1S/C12H12N4O2/c13-10-9(6-15-12(14)16-10)5-7-1-3-8(4-2-7)11(17)18/h1-4,6H,5H2,(H,17,18)(H4,13,14,15,16). The Bertz CT molecular complexity index is 581. The highest BCUT2D eigenvalue weighted by molar-refractivity contribution is 5.87. The summed E-state index contributed by atoms with van der Waals surface area (Å²) >= 11 is 0. The van der Waals surface area contributed by atoms with E-state index in [2.05, 4.69) is 9.97 Å². The van der Waals surface area contributed by atoms with Gasteiger partial charge >= 0.3 is 5.97 Å². The van der Waals surface area contributed by atoms with Crippen molar-refractivity contribution in [3.8, 4) is 0 Å². The first-order chi connectivity index (χ1) is 8.56. The fraction of sp³-hybridized carbons (Fsp3) is 0.0833. The lowest BCUT2D eigenvalue weighted by molar-refractivity contribution is 0.0697. The third-order valence-corrected chi connectivity index (χ3v) is 2.51. The number of hydrogen-bond donors (Lipinski definition) is 3. The quantitative estimate of drug-likeness (QED) is 0.739. The van der Waals surface area contributed by atoms with Crippen LogP contribution in [0.25, 0.3) is 0 Å². The van der Waals surface area contributed by atoms with E-state index in [9.17, 15) is 4.79 Å². The molecule has 2 aromatic rings. The number of carboxylic acid groups (broad SMARTS) is 1. The number of aromatic nitrogens is 2. The zero-order chi connectivity index (χ0) is 13.1. The summed E-state index contributed by atoms with van der Waals surface area (Å²) in [4.78, 5) is 18.4. The number of nitrogen functional groups attached to an aromatic ring is 2. The minimum atomic E-state index is -0.947. The zero-order valence-electron chi connectivity index (χ0n) is 9.50. The third kappa shape index (κ3) is 2.54. The first-order valence-corrected chi connectivity index (χ1v) is 5.25. The summed E-state index contributed by atoms with van der Waals surface area (Å²) in [6, 6.07) is 6.57. The van der Waals surface area contributed by atoms with Crippen LogP contribution in [0.1, 0.15) is 21.5 Å². The molecule has 0 atom stereocenters. The Kier molecular flexibility index (Phi) is 3.09. The fourth-order valence-corrected chi connectivity index (χ4v) is 1.56. The minimum Gasteiger partial charge on any atom is -0.478 e. The van der Waals surface area contributed by atoms with Crippen molar-refractivity contribution in [1.82, 2.24) is 9.97 Å². The molecule has 1 aromatic carbocycles. The predicted octanol–water partition coefficient (Wildman–Crippen LogP) is 0.930. The number of nitrogens with two attached hydrogens (primary N) is 2. The van der Waals surface area contributed by atoms with Crippen LogP contribution in [0.5, 0.6) is 0 Å². The SMILES string of the molecule is Nc1ncc(Cc2ccc(C(=O)O)cc2)c(N)n1. The molecule has 1 heterocycles. The Hall–Kier alpha value is -2.63. The Morgan fingerprint density at radius 3 is 2.44 bits per heavy atom. The van der Waals surface area contributed by atoms with E-state index in [1.54, 1.807) is 30.5 Å². The maximum absolute atomic E-state index is 10.7. The van der Waals surface area contributed by atoms with Crippen molar-refractivity contribution in [1.29, 1.82) is 0 Å². The molecule has 0 amide bonds. The molecule has 2 rings (SSSR count). The Labute approximate surface area is 103 Å². The topological polar surface area (TPSA) is 115 Å². The van der Waals surface area contributed by atoms with Crippen molar-refractivity contribution in [3.63, 3.8) is 0 Å². The van der Waals surface area contributed by atoms with Crippen molar-refractivity contribution < 1.29 is 9.90 Å². The van der Waals surface area contributed by atoms with E-state index >= 15 is 0 Å². The van der Waals surface area contributed by atoms with Crippen LogP contribution in [0.2, 0.25) is 0 Å². The number of benzene rings is 1. The summed E-state index contributed by atoms with van der Waals surface area (Å²) in [6.07, 6.45) is 2.11. The van der Waals surface area contributed by atoms with Gasteiger partial charge in [-0.3, -0.25) is 0 Å². The molecule has 0 fully saturated rings. The molecule has 0 aliphatic rings. The van der Waals surface area contributed by atoms with E-state index in [0.29, 0.717) is 12.2 Å². The average Bonchev–Trinajstić information content (AvgIpc) is 2.33. The van der Waals surface area contributed by atoms with E-state index < -0.39 is 5.97 Å². The van der Waals surface area contributed by atoms with Gasteiger partial charge in [-0.2, -0.15) is 4.98 Å². The van der Waals surface area contributed by atoms with Gasteiger partial charge in [0.05, 0.1) is 5.56 Å². The second-order valence-electron chi connectivity index (χ2n) is 3.82. The molecule has 0 spiro atoms. The smallest absolute Gasteiger partial charge is 0.335 e. The van der Waals surface area contributed by atoms with Crippen molar-refractivity contribution in [2.45, 2.75) is 6.42 Å². The number of carbonyl (C=O) groups is 1. The van der Waals surface area contributed by atoms with Crippen molar-refractivity contribution in [2.75, 3.05) is 11.5 Å². The molecule has 6 nitrogen and oxygen atoms in total. The van der Waals surface area contributed by atoms with Crippen LogP contribution in [-0.2, 0) is 6.42 Å². The average molecular weight is 244 g/mol. The molecule has 18 heavy (non-hydrogen) atoms. The summed E-state index contributed by atoms with van der Waals surface area (Å²) in [7, 11) is 0. The highest BCUT2D eigenvalue weighted by atomic mass is 16.4. The largest absolute Gasteiger partial charge is 0.478 e. The molecule has 0 saturated carbocycles. The molecule has 6 heteroatoms. The highest BCUT2D eigenvalue weighted by Gasteiger charge is 2.05. The van der Waals surface area contributed by atoms with Gasteiger partial charge in [-0.25, -0.2) is 9.78 Å². The molecule has 0 saturated heterocycles. The Morgan fingerprint density at radius 1 is 1.22 bits per heavy atom. The van der Waals surface area contributed by atoms with Gasteiger partial charge in [-0.05, 0) is 17.7 Å². The lowest BCUT2D eigenvalue weighted by atomic mass is 10.1. The summed E-state index contributed by atoms with van der Waals surface area (Å²) in [5.74, 6) is -0.473. The van der Waals surface area contributed by atoms with Gasteiger partial charge in [0.25, 0.3) is 0 Å². The number of aromatic carboxylic acids is 1. The van der Waals surface area contributed by atoms with Crippen LogP contribution >= 0.6 is 0 Å². The van der Waals surface area contributed by atoms with Crippen molar-refractivity contribution in [2.24, 2.45) is 0 Å². The number of rotatable bonds is 3. The van der Waals surface area contributed by atoms with Gasteiger partial charge in [0.15, 0.2) is 0 Å². The molecular weight excluding hydrogens is 232 g/mol. The normalized spacial score (nSPS) is 10.2. The number of nitrogens with zero attached hydrogens (tertiary/aromatic N) is 2. The summed E-state index contributed by atoms with van der Waals surface area (Å²) in [6.45, 7) is 0. The van der Waals surface area contributed by atoms with Crippen LogP contribution in [0.15, 0.2) is 30.5 Å². The van der Waals surface area contributed by atoms with Crippen LogP contribution < -0.4 is 11.5 Å². The van der Waals surface area contributed by atoms with Crippen LogP contribution in [0.4, 0.5) is 11.8 Å². The zero-order valence-corrected chi connectivity index (χ0v) is 9.50. The Balaban J connectivity index is 2.21. The van der Waals surface area contributed by atoms with Gasteiger partial charge in [0, 0.05) is 18.2 Å². The fourth-order valence-electron chi connectivity index (χ4n) is 1.56. The van der Waals surface area contributed by atoms with E-state index in [0.717, 1.165) is 11.1 Å². The van der Waals surface area contributed by atoms with Gasteiger partial charge in [-0.15, -0.1) is 0 Å². The maximum atomic E-state index is 10.7. The first kappa shape index (κ1) is 11.8. The summed E-state index contributed by atoms with van der Waals surface area (Å²) in [5, 5.41) is 8.79. The summed E-state index contributed by atoms with van der Waals surface area (Å²) < 4.78 is 0. The highest BCUT2D eigenvalue weighted by Crippen LogP contribution is 2.15. The second-order valence-corrected chi connectivity index (χ2v) is 3.82. The lowest BCUT2D eigenvalue weighted by Crippen LogP contribution is -2.04. The second kappa shape index (κ2) is 4.70. The molecule has 0 radical (unpaired) electrons. The minimum absolute atomic E-state index is 0.137. The third-order valence-electron chi connectivity index (χ3n) is 2.51. The molecule has 92 valence electrons. The number of carboxylic acids is 1. The van der Waals surface area contributed by atoms with Gasteiger partial charge in [0.2, 0.25) is 5.95 Å². The molecule has 0 bridgehead atoms. The molecular formula is C12H12N4O2. The molecule has 0 unspecified atom stereocenters. The molecule has 0 aliphatic carbocycles. The monoisotopic (exact) mass is 244 g/mol. The van der Waals surface area contributed by atoms with E-state index in [1.165, 1.54) is 0 Å². The van der Waals surface area contributed by atoms with Gasteiger partial charge < -0.3 is 16.6 Å². The van der Waals surface area contributed by atoms with Crippen LogP contribution in [0, 0.1) is 0 Å². The molecule has 0 aliphatic heterocycles. The van der Waals surface area contributed by atoms with E-state index in [1.807, 2.05) is 0 Å². The molecule has 5 N–H and O–H groups in total. The van der Waals surface area contributed by atoms with Gasteiger partial charge in [0.1, 0.15) is 5.82 Å². The Morgan fingerprint density at radius 2 is 1.89 bits per heavy atom. The summed E-state index contributed by atoms with van der Waals surface area (Å²) in [5.41, 5.74) is 13.1. The van der Waals surface area contributed by atoms with Crippen LogP contribution in [0.3, 0.4) is 0 Å². The van der Waals surface area contributed by atoms with E-state index in [-0.39, 0.29) is 11.5 Å². The first-order valence-electron chi connectivity index (χ1n) is 5.25. The lowest BCUT2D eigenvalue weighted by Gasteiger charge is -2.05. The van der Waals surface area contributed by atoms with Crippen LogP contribution in [-0.4, -0.2) is 21.0 Å². The number of anilines is 2. The molecule has 1 aromatic heterocycles. The van der Waals surface area contributed by atoms with Gasteiger partial charge in [-0.1, -0.05) is 12.1 Å². The van der Waals surface area contributed by atoms with Crippen molar-refractivity contribution >= 4 is 17.7 Å². The van der Waals surface area contributed by atoms with Crippen molar-refractivity contribution in [3.05, 3.63) is 47.2 Å². The maximum Gasteiger partial charge on any atom is 0.335 e. The predicted molar refractivity (Wildman–Crippen MR) is 67.1 cm³/mol. The van der Waals surface area contributed by atoms with E-state index in [4.69, 9.17) is 16.6 Å².